The molecule has 0 unspecified atom stereocenters. The Hall–Kier alpha value is -1.89. The molecule has 0 bridgehead atoms. The molecule has 0 aliphatic heterocycles. The van der Waals surface area contributed by atoms with E-state index in [0.717, 1.165) is 17.3 Å². The van der Waals surface area contributed by atoms with Crippen LogP contribution in [0.3, 0.4) is 0 Å². The molecule has 0 aliphatic carbocycles. The molecule has 0 radical (unpaired) electrons. The summed E-state index contributed by atoms with van der Waals surface area (Å²) in [6.45, 7) is 1.50. The second-order valence-electron chi connectivity index (χ2n) is 3.19. The third-order valence-corrected chi connectivity index (χ3v) is 2.86. The lowest BCUT2D eigenvalue weighted by molar-refractivity contribution is -0.304. The standard InChI is InChI=1S/C10H9N3O3S/c1-6(9(14)15)17-10-13-12-8(16-10)7-2-4-11-5-3-7/h2-6H,1H3,(H,14,15)/p-1/t6-/m0/s1. The van der Waals surface area contributed by atoms with E-state index in [2.05, 4.69) is 15.2 Å². The van der Waals surface area contributed by atoms with Crippen LogP contribution in [0.4, 0.5) is 0 Å². The normalized spacial score (nSPS) is 12.3. The summed E-state index contributed by atoms with van der Waals surface area (Å²) in [5.74, 6) is -0.834. The molecular formula is C10H8N3O3S-. The van der Waals surface area contributed by atoms with Crippen molar-refractivity contribution in [1.82, 2.24) is 15.2 Å². The average Bonchev–Trinajstić information content (AvgIpc) is 2.78. The number of aromatic nitrogens is 3. The highest BCUT2D eigenvalue weighted by molar-refractivity contribution is 8.00. The summed E-state index contributed by atoms with van der Waals surface area (Å²) >= 11 is 0.949. The number of aliphatic carboxylic acids is 1. The molecule has 0 aliphatic rings. The number of rotatable bonds is 4. The van der Waals surface area contributed by atoms with Gasteiger partial charge in [-0.15, -0.1) is 10.2 Å². The highest BCUT2D eigenvalue weighted by atomic mass is 32.2. The molecule has 0 aromatic carbocycles. The second-order valence-corrected chi connectivity index (χ2v) is 4.48. The van der Waals surface area contributed by atoms with Crippen LogP contribution in [0.25, 0.3) is 11.5 Å². The van der Waals surface area contributed by atoms with Gasteiger partial charge in [0.1, 0.15) is 0 Å². The quantitative estimate of drug-likeness (QED) is 0.723. The van der Waals surface area contributed by atoms with Crippen LogP contribution in [-0.2, 0) is 4.79 Å². The van der Waals surface area contributed by atoms with Gasteiger partial charge in [-0.05, 0) is 19.1 Å². The molecule has 17 heavy (non-hydrogen) atoms. The van der Waals surface area contributed by atoms with Crippen LogP contribution in [0, 0.1) is 0 Å². The molecule has 0 amide bonds. The second kappa shape index (κ2) is 4.96. The van der Waals surface area contributed by atoms with Crippen LogP contribution < -0.4 is 5.11 Å². The predicted molar refractivity (Wildman–Crippen MR) is 57.9 cm³/mol. The summed E-state index contributed by atoms with van der Waals surface area (Å²) in [4.78, 5) is 14.4. The minimum Gasteiger partial charge on any atom is -0.549 e. The zero-order chi connectivity index (χ0) is 12.3. The molecule has 2 heterocycles. The topological polar surface area (TPSA) is 91.9 Å². The maximum absolute atomic E-state index is 10.6. The minimum atomic E-state index is -1.17. The lowest BCUT2D eigenvalue weighted by Gasteiger charge is -2.07. The van der Waals surface area contributed by atoms with E-state index in [-0.39, 0.29) is 5.22 Å². The number of carbonyl (C=O) groups excluding carboxylic acids is 1. The fraction of sp³-hybridized carbons (Fsp3) is 0.200. The Morgan fingerprint density at radius 2 is 2.12 bits per heavy atom. The molecule has 0 saturated carbocycles. The Morgan fingerprint density at radius 1 is 1.41 bits per heavy atom. The van der Waals surface area contributed by atoms with Crippen molar-refractivity contribution in [3.63, 3.8) is 0 Å². The molecular weight excluding hydrogens is 242 g/mol. The number of hydrogen-bond donors (Lipinski definition) is 0. The highest BCUT2D eigenvalue weighted by Gasteiger charge is 2.12. The molecule has 7 heteroatoms. The molecule has 88 valence electrons. The van der Waals surface area contributed by atoms with E-state index in [0.29, 0.717) is 5.89 Å². The van der Waals surface area contributed by atoms with Crippen molar-refractivity contribution in [3.05, 3.63) is 24.5 Å². The first kappa shape index (κ1) is 11.6. The first-order chi connectivity index (χ1) is 8.16. The molecule has 2 aromatic rings. The summed E-state index contributed by atoms with van der Waals surface area (Å²) in [6.07, 6.45) is 3.21. The average molecular weight is 250 g/mol. The van der Waals surface area contributed by atoms with E-state index in [1.54, 1.807) is 24.5 Å². The summed E-state index contributed by atoms with van der Waals surface area (Å²) in [5.41, 5.74) is 0.737. The predicted octanol–water partition coefficient (Wildman–Crippen LogP) is 0.362. The highest BCUT2D eigenvalue weighted by Crippen LogP contribution is 2.25. The lowest BCUT2D eigenvalue weighted by atomic mass is 10.3. The number of hydrogen-bond acceptors (Lipinski definition) is 7. The number of carbonyl (C=O) groups is 1. The Balaban J connectivity index is 2.14. The largest absolute Gasteiger partial charge is 0.549 e. The van der Waals surface area contributed by atoms with Gasteiger partial charge in [0.2, 0.25) is 5.89 Å². The Labute approximate surface area is 101 Å². The monoisotopic (exact) mass is 250 g/mol. The third-order valence-electron chi connectivity index (χ3n) is 1.94. The van der Waals surface area contributed by atoms with Gasteiger partial charge in [0.05, 0.1) is 11.2 Å². The van der Waals surface area contributed by atoms with Crippen molar-refractivity contribution in [3.8, 4) is 11.5 Å². The van der Waals surface area contributed by atoms with Crippen LogP contribution in [-0.4, -0.2) is 26.4 Å². The zero-order valence-electron chi connectivity index (χ0n) is 8.86. The first-order valence-electron chi connectivity index (χ1n) is 4.78. The van der Waals surface area contributed by atoms with E-state index in [4.69, 9.17) is 4.42 Å². The molecule has 0 N–H and O–H groups in total. The fourth-order valence-corrected chi connectivity index (χ4v) is 1.68. The zero-order valence-corrected chi connectivity index (χ0v) is 9.68. The van der Waals surface area contributed by atoms with Crippen molar-refractivity contribution >= 4 is 17.7 Å². The SMILES string of the molecule is C[C@H](Sc1nnc(-c2ccncc2)o1)C(=O)[O-]. The van der Waals surface area contributed by atoms with Crippen LogP contribution in [0.2, 0.25) is 0 Å². The Morgan fingerprint density at radius 3 is 2.76 bits per heavy atom. The van der Waals surface area contributed by atoms with Gasteiger partial charge < -0.3 is 14.3 Å². The van der Waals surface area contributed by atoms with E-state index >= 15 is 0 Å². The Kier molecular flexibility index (Phi) is 3.38. The van der Waals surface area contributed by atoms with E-state index < -0.39 is 11.2 Å². The van der Waals surface area contributed by atoms with Gasteiger partial charge in [-0.2, -0.15) is 0 Å². The molecule has 2 aromatic heterocycles. The maximum Gasteiger partial charge on any atom is 0.277 e. The maximum atomic E-state index is 10.6. The van der Waals surface area contributed by atoms with E-state index in [1.165, 1.54) is 6.92 Å². The molecule has 6 nitrogen and oxygen atoms in total. The molecule has 0 saturated heterocycles. The van der Waals surface area contributed by atoms with Crippen molar-refractivity contribution in [2.75, 3.05) is 0 Å². The van der Waals surface area contributed by atoms with Crippen molar-refractivity contribution in [2.24, 2.45) is 0 Å². The number of carboxylic acid groups (broad SMARTS) is 1. The third kappa shape index (κ3) is 2.82. The van der Waals surface area contributed by atoms with Gasteiger partial charge in [-0.25, -0.2) is 0 Å². The smallest absolute Gasteiger partial charge is 0.277 e. The van der Waals surface area contributed by atoms with Crippen molar-refractivity contribution < 1.29 is 14.3 Å². The van der Waals surface area contributed by atoms with Crippen LogP contribution >= 0.6 is 11.8 Å². The van der Waals surface area contributed by atoms with Gasteiger partial charge >= 0.3 is 0 Å². The molecule has 1 atom stereocenters. The van der Waals surface area contributed by atoms with Gasteiger partial charge in [-0.3, -0.25) is 4.98 Å². The van der Waals surface area contributed by atoms with Gasteiger partial charge in [0.15, 0.2) is 0 Å². The van der Waals surface area contributed by atoms with Crippen LogP contribution in [0.5, 0.6) is 0 Å². The number of pyridine rings is 1. The number of thioether (sulfide) groups is 1. The van der Waals surface area contributed by atoms with E-state index in [9.17, 15) is 9.90 Å². The van der Waals surface area contributed by atoms with Crippen LogP contribution in [0.15, 0.2) is 34.2 Å². The van der Waals surface area contributed by atoms with Gasteiger partial charge in [0, 0.05) is 18.0 Å². The van der Waals surface area contributed by atoms with Gasteiger partial charge in [-0.1, -0.05) is 11.8 Å². The van der Waals surface area contributed by atoms with Gasteiger partial charge in [0.25, 0.3) is 5.22 Å². The fourth-order valence-electron chi connectivity index (χ4n) is 1.07. The molecule has 2 rings (SSSR count). The van der Waals surface area contributed by atoms with Crippen molar-refractivity contribution in [2.45, 2.75) is 17.4 Å². The summed E-state index contributed by atoms with van der Waals surface area (Å²) in [7, 11) is 0. The van der Waals surface area contributed by atoms with Crippen molar-refractivity contribution in [1.29, 1.82) is 0 Å². The minimum absolute atomic E-state index is 0.202. The summed E-state index contributed by atoms with van der Waals surface area (Å²) in [5, 5.41) is 17.6. The lowest BCUT2D eigenvalue weighted by Crippen LogP contribution is -2.31. The first-order valence-corrected chi connectivity index (χ1v) is 5.66. The summed E-state index contributed by atoms with van der Waals surface area (Å²) < 4.78 is 5.31. The molecule has 0 fully saturated rings. The van der Waals surface area contributed by atoms with E-state index in [1.807, 2.05) is 0 Å². The van der Waals surface area contributed by atoms with Crippen LogP contribution in [0.1, 0.15) is 6.92 Å². The number of nitrogens with zero attached hydrogens (tertiary/aromatic N) is 3. The molecule has 0 spiro atoms. The summed E-state index contributed by atoms with van der Waals surface area (Å²) in [6, 6.07) is 3.45. The Bertz CT molecular complexity index is 515. The number of carboxylic acids is 1.